The van der Waals surface area contributed by atoms with E-state index in [0.29, 0.717) is 26.5 Å². The number of hydrogen-bond acceptors (Lipinski definition) is 4. The van der Waals surface area contributed by atoms with E-state index >= 15 is 0 Å². The summed E-state index contributed by atoms with van der Waals surface area (Å²) in [6, 6.07) is 16.3. The Balaban J connectivity index is 1.54. The molecule has 8 heteroatoms. The highest BCUT2D eigenvalue weighted by Gasteiger charge is 2.35. The summed E-state index contributed by atoms with van der Waals surface area (Å²) >= 11 is 15.2. The zero-order valence-corrected chi connectivity index (χ0v) is 19.2. The van der Waals surface area contributed by atoms with Crippen molar-refractivity contribution in [3.63, 3.8) is 0 Å². The molecule has 0 saturated carbocycles. The molecule has 146 valence electrons. The van der Waals surface area contributed by atoms with Crippen LogP contribution in [0.1, 0.15) is 11.3 Å². The molecular weight excluding hydrogens is 544 g/mol. The molecule has 2 heterocycles. The highest BCUT2D eigenvalue weighted by molar-refractivity contribution is 14.1. The van der Waals surface area contributed by atoms with E-state index in [4.69, 9.17) is 27.6 Å². The molecule has 0 atom stereocenters. The van der Waals surface area contributed by atoms with Crippen LogP contribution in [-0.2, 0) is 11.3 Å². The number of nitrogens with zero attached hydrogens (tertiary/aromatic N) is 1. The van der Waals surface area contributed by atoms with Crippen LogP contribution < -0.4 is 0 Å². The van der Waals surface area contributed by atoms with Crippen molar-refractivity contribution >= 4 is 74.8 Å². The lowest BCUT2D eigenvalue weighted by atomic mass is 10.2. The van der Waals surface area contributed by atoms with Gasteiger partial charge in [0.15, 0.2) is 0 Å². The van der Waals surface area contributed by atoms with Gasteiger partial charge in [0.05, 0.1) is 11.4 Å². The van der Waals surface area contributed by atoms with Crippen molar-refractivity contribution in [2.24, 2.45) is 0 Å². The molecule has 4 rings (SSSR count). The number of benzene rings is 2. The van der Waals surface area contributed by atoms with Gasteiger partial charge in [0, 0.05) is 25.3 Å². The lowest BCUT2D eigenvalue weighted by Gasteiger charge is -2.12. The predicted octanol–water partition coefficient (Wildman–Crippen LogP) is 7.09. The molecule has 2 amide bonds. The topological polar surface area (TPSA) is 50.5 Å². The Morgan fingerprint density at radius 1 is 1.00 bits per heavy atom. The number of furan rings is 1. The Morgan fingerprint density at radius 3 is 2.38 bits per heavy atom. The monoisotopic (exact) mass is 555 g/mol. The first-order chi connectivity index (χ1) is 13.9. The van der Waals surface area contributed by atoms with Crippen LogP contribution in [0.25, 0.3) is 17.4 Å². The number of halogens is 3. The van der Waals surface area contributed by atoms with Crippen LogP contribution in [0, 0.1) is 3.57 Å². The Kier molecular flexibility index (Phi) is 6.06. The van der Waals surface area contributed by atoms with Gasteiger partial charge in [-0.05, 0) is 82.4 Å². The van der Waals surface area contributed by atoms with Gasteiger partial charge in [-0.2, -0.15) is 0 Å². The van der Waals surface area contributed by atoms with Gasteiger partial charge in [0.2, 0.25) is 0 Å². The maximum Gasteiger partial charge on any atom is 0.293 e. The summed E-state index contributed by atoms with van der Waals surface area (Å²) in [7, 11) is 0. The number of thioether (sulfide) groups is 1. The summed E-state index contributed by atoms with van der Waals surface area (Å²) in [4.78, 5) is 26.6. The molecule has 0 spiro atoms. The lowest BCUT2D eigenvalue weighted by molar-refractivity contribution is -0.123. The molecule has 1 aliphatic heterocycles. The smallest absolute Gasteiger partial charge is 0.293 e. The normalized spacial score (nSPS) is 15.6. The van der Waals surface area contributed by atoms with E-state index in [1.54, 1.807) is 36.4 Å². The fourth-order valence-electron chi connectivity index (χ4n) is 2.82. The molecule has 1 fully saturated rings. The van der Waals surface area contributed by atoms with E-state index in [9.17, 15) is 9.59 Å². The number of carbonyl (C=O) groups excluding carboxylic acids is 2. The Hall–Kier alpha value is -1.74. The highest BCUT2D eigenvalue weighted by atomic mass is 127. The van der Waals surface area contributed by atoms with Gasteiger partial charge in [-0.3, -0.25) is 14.5 Å². The van der Waals surface area contributed by atoms with Gasteiger partial charge in [-0.25, -0.2) is 0 Å². The second-order valence-electron chi connectivity index (χ2n) is 6.25. The fourth-order valence-corrected chi connectivity index (χ4v) is 4.52. The molecule has 0 unspecified atom stereocenters. The minimum absolute atomic E-state index is 0.239. The molecule has 3 aromatic rings. The van der Waals surface area contributed by atoms with Crippen molar-refractivity contribution in [3.05, 3.63) is 84.4 Å². The summed E-state index contributed by atoms with van der Waals surface area (Å²) in [5.74, 6) is 0.705. The van der Waals surface area contributed by atoms with Crippen LogP contribution in [-0.4, -0.2) is 16.0 Å². The van der Waals surface area contributed by atoms with E-state index in [1.165, 1.54) is 4.90 Å². The maximum atomic E-state index is 12.7. The fraction of sp³-hybridized carbons (Fsp3) is 0.0476. The van der Waals surface area contributed by atoms with Crippen molar-refractivity contribution in [2.75, 3.05) is 0 Å². The molecule has 29 heavy (non-hydrogen) atoms. The molecule has 0 radical (unpaired) electrons. The molecule has 1 aliphatic rings. The molecule has 1 aromatic heterocycles. The SMILES string of the molecule is O=C1S/C(=C\c2ccc(-c3cc(Cl)cc(Cl)c3)o2)C(=O)N1Cc1ccc(I)cc1. The van der Waals surface area contributed by atoms with Gasteiger partial charge in [-0.15, -0.1) is 0 Å². The third-order valence-corrected chi connectivity index (χ3v) is 6.24. The quantitative estimate of drug-likeness (QED) is 0.254. The first-order valence-electron chi connectivity index (χ1n) is 8.45. The largest absolute Gasteiger partial charge is 0.457 e. The minimum Gasteiger partial charge on any atom is -0.457 e. The van der Waals surface area contributed by atoms with Gasteiger partial charge < -0.3 is 4.42 Å². The van der Waals surface area contributed by atoms with Crippen LogP contribution in [0.4, 0.5) is 4.79 Å². The zero-order valence-electron chi connectivity index (χ0n) is 14.7. The summed E-state index contributed by atoms with van der Waals surface area (Å²) in [6.45, 7) is 0.239. The van der Waals surface area contributed by atoms with Crippen molar-refractivity contribution in [2.45, 2.75) is 6.54 Å². The molecule has 4 nitrogen and oxygen atoms in total. The number of rotatable bonds is 4. The molecule has 0 bridgehead atoms. The molecule has 2 aromatic carbocycles. The van der Waals surface area contributed by atoms with Crippen molar-refractivity contribution < 1.29 is 14.0 Å². The van der Waals surface area contributed by atoms with Crippen molar-refractivity contribution in [1.82, 2.24) is 4.90 Å². The third-order valence-electron chi connectivity index (χ3n) is 4.17. The Bertz CT molecular complexity index is 1120. The summed E-state index contributed by atoms with van der Waals surface area (Å²) in [6.07, 6.45) is 1.58. The van der Waals surface area contributed by atoms with E-state index in [2.05, 4.69) is 22.6 Å². The van der Waals surface area contributed by atoms with Gasteiger partial charge in [0.25, 0.3) is 11.1 Å². The lowest BCUT2D eigenvalue weighted by Crippen LogP contribution is -2.27. The van der Waals surface area contributed by atoms with Crippen LogP contribution >= 0.6 is 57.6 Å². The van der Waals surface area contributed by atoms with E-state index in [1.807, 2.05) is 24.3 Å². The third kappa shape index (κ3) is 4.71. The van der Waals surface area contributed by atoms with Crippen molar-refractivity contribution in [1.29, 1.82) is 0 Å². The highest BCUT2D eigenvalue weighted by Crippen LogP contribution is 2.35. The molecule has 0 N–H and O–H groups in total. The summed E-state index contributed by atoms with van der Waals surface area (Å²) in [5, 5.41) is 0.706. The van der Waals surface area contributed by atoms with E-state index < -0.39 is 0 Å². The zero-order chi connectivity index (χ0) is 20.5. The molecule has 1 saturated heterocycles. The Morgan fingerprint density at radius 2 is 1.69 bits per heavy atom. The average molecular weight is 556 g/mol. The first-order valence-corrected chi connectivity index (χ1v) is 11.1. The number of amides is 2. The number of hydrogen-bond donors (Lipinski definition) is 0. The van der Waals surface area contributed by atoms with Crippen LogP contribution in [0.2, 0.25) is 10.0 Å². The van der Waals surface area contributed by atoms with Crippen LogP contribution in [0.5, 0.6) is 0 Å². The van der Waals surface area contributed by atoms with Gasteiger partial charge in [-0.1, -0.05) is 35.3 Å². The second-order valence-corrected chi connectivity index (χ2v) is 9.37. The number of imide groups is 1. The standard InChI is InChI=1S/C21H12Cl2INO3S/c22-14-7-13(8-15(23)9-14)18-6-5-17(28-18)10-19-20(26)25(21(27)29-19)11-12-1-3-16(24)4-2-12/h1-10H,11H2/b19-10-. The van der Waals surface area contributed by atoms with Crippen molar-refractivity contribution in [3.8, 4) is 11.3 Å². The second kappa shape index (κ2) is 8.55. The average Bonchev–Trinajstić information content (AvgIpc) is 3.23. The summed E-state index contributed by atoms with van der Waals surface area (Å²) < 4.78 is 6.89. The summed E-state index contributed by atoms with van der Waals surface area (Å²) in [5.41, 5.74) is 1.63. The Labute approximate surface area is 195 Å². The van der Waals surface area contributed by atoms with E-state index in [-0.39, 0.29) is 17.7 Å². The molecule has 0 aliphatic carbocycles. The number of carbonyl (C=O) groups is 2. The maximum absolute atomic E-state index is 12.7. The minimum atomic E-state index is -0.331. The van der Waals surface area contributed by atoms with Gasteiger partial charge >= 0.3 is 0 Å². The van der Waals surface area contributed by atoms with Crippen LogP contribution in [0.3, 0.4) is 0 Å². The first kappa shape index (κ1) is 20.5. The van der Waals surface area contributed by atoms with Gasteiger partial charge in [0.1, 0.15) is 11.5 Å². The molecular formula is C21H12Cl2INO3S. The predicted molar refractivity (Wildman–Crippen MR) is 125 cm³/mol. The van der Waals surface area contributed by atoms with E-state index in [0.717, 1.165) is 26.5 Å². The van der Waals surface area contributed by atoms with Crippen LogP contribution in [0.15, 0.2) is 63.9 Å².